The Bertz CT molecular complexity index is 1780. The Morgan fingerprint density at radius 3 is 2.02 bits per heavy atom. The smallest absolute Gasteiger partial charge is 0.264 e. The van der Waals surface area contributed by atoms with E-state index in [1.165, 1.54) is 35.2 Å². The highest BCUT2D eigenvalue weighted by atomic mass is 35.5. The number of carbonyl (C=O) groups is 2. The number of carbonyl (C=O) groups excluding carboxylic acids is 2. The average molecular weight is 701 g/mol. The highest BCUT2D eigenvalue weighted by Gasteiger charge is 2.35. The van der Waals surface area contributed by atoms with E-state index < -0.39 is 34.1 Å². The van der Waals surface area contributed by atoms with Gasteiger partial charge in [-0.05, 0) is 81.3 Å². The Balaban J connectivity index is 1.83. The van der Waals surface area contributed by atoms with Crippen LogP contribution in [0.1, 0.15) is 37.5 Å². The Morgan fingerprint density at radius 2 is 1.43 bits per heavy atom. The summed E-state index contributed by atoms with van der Waals surface area (Å²) in [5.74, 6) is -0.970. The molecule has 0 aliphatic heterocycles. The van der Waals surface area contributed by atoms with Gasteiger partial charge in [0.2, 0.25) is 11.8 Å². The molecule has 46 heavy (non-hydrogen) atoms. The standard InChI is InChI=1S/C35H36Cl3N3O4S/c1-24-10-17-29(18-11-24)46(44,45)41(28-16-19-30(37)31(38)21-28)23-33(42)40(22-26-12-14-27(36)15-13-26)32(34(43)39-35(2,3)4)20-25-8-6-5-7-9-25/h5-19,21,32H,20,22-23H2,1-4H3,(H,39,43)/t32-/m0/s1. The van der Waals surface area contributed by atoms with E-state index in [0.29, 0.717) is 10.6 Å². The number of amides is 2. The normalized spacial score (nSPS) is 12.3. The van der Waals surface area contributed by atoms with Crippen molar-refractivity contribution < 1.29 is 18.0 Å². The van der Waals surface area contributed by atoms with E-state index in [9.17, 15) is 18.0 Å². The average Bonchev–Trinajstić information content (AvgIpc) is 2.99. The molecule has 1 N–H and O–H groups in total. The molecule has 0 saturated carbocycles. The van der Waals surface area contributed by atoms with Crippen LogP contribution in [0.5, 0.6) is 0 Å². The molecule has 0 aliphatic carbocycles. The van der Waals surface area contributed by atoms with Crippen molar-refractivity contribution >= 4 is 62.3 Å². The zero-order chi connectivity index (χ0) is 33.6. The van der Waals surface area contributed by atoms with Crippen LogP contribution in [0.2, 0.25) is 15.1 Å². The number of nitrogens with zero attached hydrogens (tertiary/aromatic N) is 2. The van der Waals surface area contributed by atoms with Crippen molar-refractivity contribution in [3.63, 3.8) is 0 Å². The number of sulfonamides is 1. The van der Waals surface area contributed by atoms with Crippen LogP contribution in [0.3, 0.4) is 0 Å². The number of halogens is 3. The van der Waals surface area contributed by atoms with Gasteiger partial charge in [0.25, 0.3) is 10.0 Å². The van der Waals surface area contributed by atoms with Gasteiger partial charge >= 0.3 is 0 Å². The molecule has 0 radical (unpaired) electrons. The van der Waals surface area contributed by atoms with Crippen molar-refractivity contribution in [1.82, 2.24) is 10.2 Å². The molecule has 11 heteroatoms. The lowest BCUT2D eigenvalue weighted by atomic mass is 10.0. The fourth-order valence-corrected chi connectivity index (χ4v) is 6.62. The van der Waals surface area contributed by atoms with Crippen molar-refractivity contribution in [3.8, 4) is 0 Å². The maximum Gasteiger partial charge on any atom is 0.264 e. The molecule has 7 nitrogen and oxygen atoms in total. The first-order valence-electron chi connectivity index (χ1n) is 14.6. The minimum atomic E-state index is -4.28. The van der Waals surface area contributed by atoms with Crippen LogP contribution in [0.4, 0.5) is 5.69 Å². The number of rotatable bonds is 11. The van der Waals surface area contributed by atoms with Gasteiger partial charge in [0.15, 0.2) is 0 Å². The maximum absolute atomic E-state index is 14.5. The second-order valence-electron chi connectivity index (χ2n) is 12.0. The summed E-state index contributed by atoms with van der Waals surface area (Å²) in [7, 11) is -4.28. The fraction of sp³-hybridized carbons (Fsp3) is 0.257. The van der Waals surface area contributed by atoms with Crippen LogP contribution < -0.4 is 9.62 Å². The second-order valence-corrected chi connectivity index (χ2v) is 15.1. The van der Waals surface area contributed by atoms with Gasteiger partial charge in [-0.3, -0.25) is 13.9 Å². The SMILES string of the molecule is Cc1ccc(S(=O)(=O)N(CC(=O)N(Cc2ccc(Cl)cc2)[C@@H](Cc2ccccc2)C(=O)NC(C)(C)C)c2ccc(Cl)c(Cl)c2)cc1. The number of benzene rings is 4. The van der Waals surface area contributed by atoms with Gasteiger partial charge in [-0.25, -0.2) is 8.42 Å². The number of anilines is 1. The topological polar surface area (TPSA) is 86.8 Å². The number of nitrogens with one attached hydrogen (secondary N) is 1. The Kier molecular flexibility index (Phi) is 11.4. The van der Waals surface area contributed by atoms with E-state index in [1.807, 2.05) is 58.0 Å². The van der Waals surface area contributed by atoms with Crippen molar-refractivity contribution in [2.45, 2.75) is 57.1 Å². The van der Waals surface area contributed by atoms with Crippen LogP contribution in [-0.4, -0.2) is 43.3 Å². The Labute approximate surface area is 286 Å². The lowest BCUT2D eigenvalue weighted by Crippen LogP contribution is -2.56. The lowest BCUT2D eigenvalue weighted by Gasteiger charge is -2.35. The number of hydrogen-bond acceptors (Lipinski definition) is 4. The molecule has 4 rings (SSSR count). The van der Waals surface area contributed by atoms with Crippen LogP contribution in [0.25, 0.3) is 0 Å². The zero-order valence-corrected chi connectivity index (χ0v) is 29.1. The van der Waals surface area contributed by atoms with Crippen molar-refractivity contribution in [1.29, 1.82) is 0 Å². The monoisotopic (exact) mass is 699 g/mol. The number of hydrogen-bond donors (Lipinski definition) is 1. The van der Waals surface area contributed by atoms with E-state index in [-0.39, 0.29) is 39.5 Å². The van der Waals surface area contributed by atoms with Gasteiger partial charge in [0, 0.05) is 23.5 Å². The second kappa shape index (κ2) is 14.9. The van der Waals surface area contributed by atoms with E-state index in [0.717, 1.165) is 15.4 Å². The van der Waals surface area contributed by atoms with E-state index in [2.05, 4.69) is 5.32 Å². The summed E-state index contributed by atoms with van der Waals surface area (Å²) in [6, 6.07) is 26.0. The quantitative estimate of drug-likeness (QED) is 0.174. The van der Waals surface area contributed by atoms with Crippen LogP contribution in [0, 0.1) is 6.92 Å². The highest BCUT2D eigenvalue weighted by Crippen LogP contribution is 2.31. The van der Waals surface area contributed by atoms with E-state index in [1.54, 1.807) is 36.4 Å². The highest BCUT2D eigenvalue weighted by molar-refractivity contribution is 7.92. The molecule has 0 saturated heterocycles. The molecule has 242 valence electrons. The molecule has 0 fully saturated rings. The molecule has 2 amide bonds. The van der Waals surface area contributed by atoms with Crippen molar-refractivity contribution in [3.05, 3.63) is 129 Å². The van der Waals surface area contributed by atoms with Crippen molar-refractivity contribution in [2.24, 2.45) is 0 Å². The molecule has 0 bridgehead atoms. The van der Waals surface area contributed by atoms with Gasteiger partial charge in [-0.15, -0.1) is 0 Å². The largest absolute Gasteiger partial charge is 0.350 e. The van der Waals surface area contributed by atoms with Gasteiger partial charge in [0.1, 0.15) is 12.6 Å². The maximum atomic E-state index is 14.5. The molecule has 1 atom stereocenters. The lowest BCUT2D eigenvalue weighted by molar-refractivity contribution is -0.140. The summed E-state index contributed by atoms with van der Waals surface area (Å²) < 4.78 is 29.3. The summed E-state index contributed by atoms with van der Waals surface area (Å²) in [5.41, 5.74) is 1.97. The first kappa shape index (κ1) is 35.3. The molecule has 0 aromatic heterocycles. The molecule has 0 spiro atoms. The Morgan fingerprint density at radius 1 is 0.804 bits per heavy atom. The van der Waals surface area contributed by atoms with Gasteiger partial charge in [-0.2, -0.15) is 0 Å². The third kappa shape index (κ3) is 9.26. The molecule has 0 unspecified atom stereocenters. The first-order chi connectivity index (χ1) is 21.6. The molecule has 4 aromatic rings. The molecule has 0 heterocycles. The molecular formula is C35H36Cl3N3O4S. The van der Waals surface area contributed by atoms with Gasteiger partial charge in [0.05, 0.1) is 20.6 Å². The molecule has 4 aromatic carbocycles. The minimum absolute atomic E-state index is 0.00691. The first-order valence-corrected chi connectivity index (χ1v) is 17.2. The Hall–Kier alpha value is -3.56. The summed E-state index contributed by atoms with van der Waals surface area (Å²) in [5, 5.41) is 3.89. The minimum Gasteiger partial charge on any atom is -0.350 e. The zero-order valence-electron chi connectivity index (χ0n) is 26.0. The summed E-state index contributed by atoms with van der Waals surface area (Å²) in [4.78, 5) is 29.9. The van der Waals surface area contributed by atoms with Crippen LogP contribution in [-0.2, 0) is 32.6 Å². The van der Waals surface area contributed by atoms with E-state index >= 15 is 0 Å². The predicted octanol–water partition coefficient (Wildman–Crippen LogP) is 7.71. The predicted molar refractivity (Wildman–Crippen MR) is 186 cm³/mol. The summed E-state index contributed by atoms with van der Waals surface area (Å²) in [6.07, 6.45) is 0.194. The van der Waals surface area contributed by atoms with Crippen molar-refractivity contribution in [2.75, 3.05) is 10.8 Å². The van der Waals surface area contributed by atoms with Gasteiger partial charge in [-0.1, -0.05) is 95.0 Å². The molecular weight excluding hydrogens is 665 g/mol. The summed E-state index contributed by atoms with van der Waals surface area (Å²) in [6.45, 7) is 6.82. The third-order valence-electron chi connectivity index (χ3n) is 7.11. The van der Waals surface area contributed by atoms with Crippen LogP contribution >= 0.6 is 34.8 Å². The fourth-order valence-electron chi connectivity index (χ4n) is 4.80. The summed E-state index contributed by atoms with van der Waals surface area (Å²) >= 11 is 18.6. The molecule has 0 aliphatic rings. The van der Waals surface area contributed by atoms with Gasteiger partial charge < -0.3 is 10.2 Å². The number of aryl methyl sites for hydroxylation is 1. The third-order valence-corrected chi connectivity index (χ3v) is 9.89. The van der Waals surface area contributed by atoms with E-state index in [4.69, 9.17) is 34.8 Å². The van der Waals surface area contributed by atoms with Crippen LogP contribution in [0.15, 0.2) is 102 Å².